The highest BCUT2D eigenvalue weighted by Gasteiger charge is 2.28. The molecule has 41 heavy (non-hydrogen) atoms. The highest BCUT2D eigenvalue weighted by atomic mass is 35.5. The van der Waals surface area contributed by atoms with Crippen LogP contribution in [0.4, 0.5) is 11.8 Å². The standard InChI is InChI=1S/C28H33Cl2N9O2/c1-16-24(25(33-3)22(30)10-31)36-26(20-9-19(5-6-21(20)29)41-15-18(40)12-32-2)37-27(16)39-13-17-11-34-28(35-23(17)14-39)38-7-4-8-38/h5-6,9-11,18,31-33,40H,4,7-8,12-15H2,1-3H3/b25-22+,31-10?/t18-/m1/s1. The minimum atomic E-state index is -0.666. The molecular formula is C28H33Cl2N9O2. The van der Waals surface area contributed by atoms with Crippen LogP contribution in [-0.4, -0.2) is 77.7 Å². The Labute approximate surface area is 249 Å². The van der Waals surface area contributed by atoms with Crippen LogP contribution >= 0.6 is 23.2 Å². The normalized spacial score (nSPS) is 15.7. The van der Waals surface area contributed by atoms with Crippen LogP contribution in [-0.2, 0) is 13.1 Å². The molecule has 0 spiro atoms. The van der Waals surface area contributed by atoms with E-state index in [2.05, 4.69) is 25.4 Å². The van der Waals surface area contributed by atoms with Gasteiger partial charge in [-0.25, -0.2) is 19.9 Å². The highest BCUT2D eigenvalue weighted by Crippen LogP contribution is 2.36. The van der Waals surface area contributed by atoms with Gasteiger partial charge in [-0.05, 0) is 38.6 Å². The number of fused-ring (bicyclic) bond motifs is 1. The molecule has 0 radical (unpaired) electrons. The van der Waals surface area contributed by atoms with Crippen molar-refractivity contribution in [3.8, 4) is 17.1 Å². The average Bonchev–Trinajstić information content (AvgIpc) is 3.36. The molecule has 4 heterocycles. The fraction of sp³-hybridized carbons (Fsp3) is 0.393. The van der Waals surface area contributed by atoms with E-state index in [1.165, 1.54) is 0 Å². The second-order valence-electron chi connectivity index (χ2n) is 9.96. The number of halogens is 2. The molecule has 1 fully saturated rings. The zero-order valence-corrected chi connectivity index (χ0v) is 24.7. The van der Waals surface area contributed by atoms with Gasteiger partial charge in [-0.1, -0.05) is 23.2 Å². The minimum Gasteiger partial charge on any atom is -0.491 e. The highest BCUT2D eigenvalue weighted by molar-refractivity contribution is 6.42. The average molecular weight is 599 g/mol. The number of nitrogens with zero attached hydrogens (tertiary/aromatic N) is 6. The number of likely N-dealkylation sites (N-methyl/N-ethyl adjacent to an activating group) is 1. The second kappa shape index (κ2) is 12.6. The maximum atomic E-state index is 10.1. The summed E-state index contributed by atoms with van der Waals surface area (Å²) in [5.41, 5.74) is 4.42. The Kier molecular flexibility index (Phi) is 8.88. The van der Waals surface area contributed by atoms with Gasteiger partial charge in [0.05, 0.1) is 33.7 Å². The summed E-state index contributed by atoms with van der Waals surface area (Å²) in [5, 5.41) is 24.5. The molecule has 13 heteroatoms. The van der Waals surface area contributed by atoms with Gasteiger partial charge in [0, 0.05) is 62.3 Å². The molecule has 1 saturated heterocycles. The van der Waals surface area contributed by atoms with E-state index in [4.69, 9.17) is 48.3 Å². The number of anilines is 2. The van der Waals surface area contributed by atoms with Gasteiger partial charge in [-0.3, -0.25) is 0 Å². The zero-order valence-electron chi connectivity index (χ0n) is 23.2. The largest absolute Gasteiger partial charge is 0.491 e. The number of hydrogen-bond acceptors (Lipinski definition) is 11. The van der Waals surface area contributed by atoms with Crippen molar-refractivity contribution in [2.45, 2.75) is 32.5 Å². The smallest absolute Gasteiger partial charge is 0.225 e. The van der Waals surface area contributed by atoms with Gasteiger partial charge in [-0.2, -0.15) is 0 Å². The lowest BCUT2D eigenvalue weighted by atomic mass is 10.1. The third-order valence-corrected chi connectivity index (χ3v) is 7.74. The van der Waals surface area contributed by atoms with E-state index in [0.717, 1.165) is 48.5 Å². The molecule has 2 aliphatic heterocycles. The fourth-order valence-corrected chi connectivity index (χ4v) is 5.20. The van der Waals surface area contributed by atoms with Crippen LogP contribution < -0.4 is 25.2 Å². The second-order valence-corrected chi connectivity index (χ2v) is 10.8. The van der Waals surface area contributed by atoms with E-state index in [9.17, 15) is 5.11 Å². The van der Waals surface area contributed by atoms with Gasteiger partial charge in [0.2, 0.25) is 5.95 Å². The predicted octanol–water partition coefficient (Wildman–Crippen LogP) is 3.36. The molecular weight excluding hydrogens is 565 g/mol. The van der Waals surface area contributed by atoms with E-state index in [0.29, 0.717) is 59.0 Å². The third kappa shape index (κ3) is 6.08. The third-order valence-electron chi connectivity index (χ3n) is 7.12. The number of aromatic nitrogens is 4. The summed E-state index contributed by atoms with van der Waals surface area (Å²) >= 11 is 13.1. The maximum Gasteiger partial charge on any atom is 0.225 e. The Morgan fingerprint density at radius 2 is 2.00 bits per heavy atom. The summed E-state index contributed by atoms with van der Waals surface area (Å²) in [6.07, 6.45) is 3.47. The van der Waals surface area contributed by atoms with Crippen LogP contribution in [0.15, 0.2) is 29.4 Å². The Morgan fingerprint density at radius 1 is 1.20 bits per heavy atom. The number of ether oxygens (including phenoxy) is 1. The van der Waals surface area contributed by atoms with Gasteiger partial charge in [0.1, 0.15) is 24.3 Å². The van der Waals surface area contributed by atoms with Crippen molar-refractivity contribution in [3.63, 3.8) is 0 Å². The van der Waals surface area contributed by atoms with Crippen LogP contribution in [0.3, 0.4) is 0 Å². The number of aliphatic hydroxyl groups is 1. The first-order valence-electron chi connectivity index (χ1n) is 13.4. The molecule has 4 N–H and O–H groups in total. The van der Waals surface area contributed by atoms with E-state index in [1.807, 2.05) is 13.1 Å². The molecule has 0 unspecified atom stereocenters. The maximum absolute atomic E-state index is 10.1. The molecule has 0 saturated carbocycles. The Bertz CT molecular complexity index is 1480. The molecule has 0 bridgehead atoms. The van der Waals surface area contributed by atoms with Crippen molar-refractivity contribution in [3.05, 3.63) is 57.0 Å². The minimum absolute atomic E-state index is 0.112. The van der Waals surface area contributed by atoms with Gasteiger partial charge >= 0.3 is 0 Å². The molecule has 2 aliphatic rings. The predicted molar refractivity (Wildman–Crippen MR) is 162 cm³/mol. The monoisotopic (exact) mass is 597 g/mol. The Hall–Kier alpha value is -3.51. The van der Waals surface area contributed by atoms with Crippen molar-refractivity contribution < 1.29 is 9.84 Å². The summed E-state index contributed by atoms with van der Waals surface area (Å²) in [6.45, 7) is 5.56. The summed E-state index contributed by atoms with van der Waals surface area (Å²) in [5.74, 6) is 2.36. The van der Waals surface area contributed by atoms with E-state index in [-0.39, 0.29) is 11.6 Å². The van der Waals surface area contributed by atoms with Crippen molar-refractivity contribution in [2.24, 2.45) is 0 Å². The summed E-state index contributed by atoms with van der Waals surface area (Å²) in [7, 11) is 3.50. The SMILES string of the molecule is CNC[C@@H](O)COc1ccc(Cl)c(-c2nc(/C(NC)=C(\Cl)C=N)c(C)c(N3Cc4cnc(N5CCC5)nc4C3)n2)c1. The summed E-state index contributed by atoms with van der Waals surface area (Å²) in [6, 6.07) is 5.22. The van der Waals surface area contributed by atoms with Crippen molar-refractivity contribution in [2.75, 3.05) is 50.1 Å². The molecule has 0 aliphatic carbocycles. The fourth-order valence-electron chi connectivity index (χ4n) is 4.81. The first-order valence-corrected chi connectivity index (χ1v) is 14.2. The molecule has 2 aromatic heterocycles. The Balaban J connectivity index is 1.56. The first-order chi connectivity index (χ1) is 19.8. The summed E-state index contributed by atoms with van der Waals surface area (Å²) < 4.78 is 5.83. The van der Waals surface area contributed by atoms with Crippen LogP contribution in [0.2, 0.25) is 5.02 Å². The molecule has 216 valence electrons. The van der Waals surface area contributed by atoms with Gasteiger partial charge in [0.25, 0.3) is 0 Å². The number of hydrogen-bond donors (Lipinski definition) is 4. The van der Waals surface area contributed by atoms with Crippen LogP contribution in [0, 0.1) is 12.3 Å². The first kappa shape index (κ1) is 29.0. The molecule has 5 rings (SSSR count). The quantitative estimate of drug-likeness (QED) is 0.244. The van der Waals surface area contributed by atoms with Crippen LogP contribution in [0.1, 0.15) is 28.9 Å². The van der Waals surface area contributed by atoms with Crippen LogP contribution in [0.5, 0.6) is 5.75 Å². The molecule has 3 aromatic rings. The van der Waals surface area contributed by atoms with Gasteiger partial charge in [0.15, 0.2) is 5.82 Å². The number of aliphatic hydroxyl groups excluding tert-OH is 1. The number of benzene rings is 1. The Morgan fingerprint density at radius 3 is 2.68 bits per heavy atom. The molecule has 1 aromatic carbocycles. The van der Waals surface area contributed by atoms with E-state index >= 15 is 0 Å². The molecule has 1 atom stereocenters. The van der Waals surface area contributed by atoms with Crippen molar-refractivity contribution in [1.82, 2.24) is 30.6 Å². The van der Waals surface area contributed by atoms with Crippen LogP contribution in [0.25, 0.3) is 17.1 Å². The topological polar surface area (TPSA) is 135 Å². The molecule has 11 nitrogen and oxygen atoms in total. The van der Waals surface area contributed by atoms with E-state index in [1.54, 1.807) is 32.3 Å². The van der Waals surface area contributed by atoms with Crippen molar-refractivity contribution in [1.29, 1.82) is 5.41 Å². The lowest BCUT2D eigenvalue weighted by molar-refractivity contribution is 0.108. The number of nitrogens with one attached hydrogen (secondary N) is 3. The number of allylic oxidation sites excluding steroid dienone is 1. The van der Waals surface area contributed by atoms with E-state index < -0.39 is 6.10 Å². The zero-order chi connectivity index (χ0) is 29.1. The van der Waals surface area contributed by atoms with Gasteiger partial charge < -0.3 is 35.7 Å². The van der Waals surface area contributed by atoms with Crippen molar-refractivity contribution >= 4 is 46.9 Å². The lowest BCUT2D eigenvalue weighted by Gasteiger charge is -2.30. The number of rotatable bonds is 11. The van der Waals surface area contributed by atoms with Gasteiger partial charge in [-0.15, -0.1) is 0 Å². The molecule has 0 amide bonds. The lowest BCUT2D eigenvalue weighted by Crippen LogP contribution is -2.38. The summed E-state index contributed by atoms with van der Waals surface area (Å²) in [4.78, 5) is 23.6.